The van der Waals surface area contributed by atoms with Crippen molar-refractivity contribution in [1.29, 1.82) is 0 Å². The molecule has 4 N–H and O–H groups in total. The molecule has 0 saturated carbocycles. The molecule has 0 unspecified atom stereocenters. The van der Waals surface area contributed by atoms with Gasteiger partial charge in [-0.2, -0.15) is 0 Å². The maximum absolute atomic E-state index is 10.9. The molecule has 0 bridgehead atoms. The van der Waals surface area contributed by atoms with Crippen LogP contribution in [0.2, 0.25) is 0 Å². The van der Waals surface area contributed by atoms with Gasteiger partial charge in [-0.3, -0.25) is 0 Å². The number of hydrogen-bond donors (Lipinski definition) is 3. The van der Waals surface area contributed by atoms with Crippen molar-refractivity contribution in [1.82, 2.24) is 0 Å². The first-order chi connectivity index (χ1) is 5.43. The Hall–Kier alpha value is -0.702. The molecule has 1 aromatic carbocycles. The second kappa shape index (κ2) is 2.98. The maximum atomic E-state index is 10.9. The normalized spacial score (nSPS) is 11.6. The summed E-state index contributed by atoms with van der Waals surface area (Å²) in [7, 11) is 0. The van der Waals surface area contributed by atoms with E-state index in [1.165, 1.54) is 6.07 Å². The molecular weight excluding hydrogens is 221 g/mol. The van der Waals surface area contributed by atoms with Crippen LogP contribution in [0.5, 0.6) is 0 Å². The number of rotatable bonds is 1. The first-order valence-electron chi connectivity index (χ1n) is 3.34. The van der Waals surface area contributed by atoms with Gasteiger partial charge in [0.25, 0.3) is 0 Å². The van der Waals surface area contributed by atoms with E-state index in [0.29, 0.717) is 5.56 Å². The van der Waals surface area contributed by atoms with Crippen molar-refractivity contribution in [3.63, 3.8) is 0 Å². The second-order valence-corrected chi connectivity index (χ2v) is 5.78. The quantitative estimate of drug-likeness (QED) is 0.433. The SMILES string of the molecule is Cc1cccc(N)c1[As](=O)(O)O. The van der Waals surface area contributed by atoms with Crippen LogP contribution in [0.15, 0.2) is 18.2 Å². The Labute approximate surface area is 73.0 Å². The average Bonchev–Trinajstić information content (AvgIpc) is 1.82. The van der Waals surface area contributed by atoms with Gasteiger partial charge in [0.1, 0.15) is 0 Å². The molecule has 0 spiro atoms. The van der Waals surface area contributed by atoms with Gasteiger partial charge in [0.2, 0.25) is 0 Å². The Morgan fingerprint density at radius 2 is 2.00 bits per heavy atom. The van der Waals surface area contributed by atoms with Crippen molar-refractivity contribution >= 4 is 24.2 Å². The van der Waals surface area contributed by atoms with Gasteiger partial charge in [-0.1, -0.05) is 0 Å². The topological polar surface area (TPSA) is 83.6 Å². The second-order valence-electron chi connectivity index (χ2n) is 2.56. The first-order valence-corrected chi connectivity index (χ1v) is 6.72. The number of benzene rings is 1. The van der Waals surface area contributed by atoms with Crippen LogP contribution in [0, 0.1) is 6.92 Å². The minimum absolute atomic E-state index is 0.00405. The van der Waals surface area contributed by atoms with Crippen molar-refractivity contribution < 1.29 is 11.9 Å². The van der Waals surface area contributed by atoms with Crippen molar-refractivity contribution in [3.05, 3.63) is 23.8 Å². The van der Waals surface area contributed by atoms with Crippen LogP contribution >= 0.6 is 0 Å². The minimum atomic E-state index is -4.83. The molecule has 0 radical (unpaired) electrons. The fourth-order valence-electron chi connectivity index (χ4n) is 1.08. The third-order valence-electron chi connectivity index (χ3n) is 1.56. The van der Waals surface area contributed by atoms with Crippen LogP contribution in [-0.4, -0.2) is 22.4 Å². The summed E-state index contributed by atoms with van der Waals surface area (Å²) >= 11 is -4.83. The zero-order valence-corrected chi connectivity index (χ0v) is 8.44. The fraction of sp³-hybridized carbons (Fsp3) is 0.143. The van der Waals surface area contributed by atoms with Crippen LogP contribution in [0.3, 0.4) is 0 Å². The molecule has 0 amide bonds. The zero-order valence-electron chi connectivity index (χ0n) is 6.56. The van der Waals surface area contributed by atoms with Gasteiger partial charge in [-0.05, 0) is 0 Å². The Kier molecular flexibility index (Phi) is 2.33. The summed E-state index contributed by atoms with van der Waals surface area (Å²) in [6.07, 6.45) is 0. The summed E-state index contributed by atoms with van der Waals surface area (Å²) < 4.78 is 28.8. The standard InChI is InChI=1S/C7H10AsNO3/c1-5-3-2-4-6(9)7(5)8(10,11)12/h2-4H,9H2,1H3,(H2,10,11,12). The van der Waals surface area contributed by atoms with E-state index in [0.717, 1.165) is 0 Å². The summed E-state index contributed by atoms with van der Waals surface area (Å²) in [5, 5.41) is 0. The van der Waals surface area contributed by atoms with E-state index in [2.05, 4.69) is 0 Å². The van der Waals surface area contributed by atoms with Gasteiger partial charge < -0.3 is 0 Å². The molecular formula is C7H10AsNO3. The Balaban J connectivity index is 3.42. The van der Waals surface area contributed by atoms with E-state index in [1.807, 2.05) is 0 Å². The summed E-state index contributed by atoms with van der Waals surface area (Å²) in [6, 6.07) is 4.79. The van der Waals surface area contributed by atoms with E-state index >= 15 is 0 Å². The molecule has 0 fully saturated rings. The molecule has 0 aliphatic rings. The molecule has 0 saturated heterocycles. The number of anilines is 1. The van der Waals surface area contributed by atoms with E-state index in [9.17, 15) is 3.74 Å². The number of nitrogen functional groups attached to an aromatic ring is 1. The van der Waals surface area contributed by atoms with Crippen LogP contribution in [-0.2, 0) is 3.74 Å². The van der Waals surface area contributed by atoms with E-state index < -0.39 is 14.2 Å². The summed E-state index contributed by atoms with van der Waals surface area (Å²) in [6.45, 7) is 1.63. The average molecular weight is 231 g/mol. The molecule has 0 heterocycles. The molecule has 0 atom stereocenters. The van der Waals surface area contributed by atoms with Gasteiger partial charge in [0.15, 0.2) is 0 Å². The third kappa shape index (κ3) is 1.72. The molecule has 12 heavy (non-hydrogen) atoms. The van der Waals surface area contributed by atoms with E-state index in [4.69, 9.17) is 13.9 Å². The molecule has 5 heteroatoms. The molecule has 0 aliphatic carbocycles. The zero-order chi connectivity index (χ0) is 9.35. The molecule has 1 rings (SSSR count). The number of nitrogens with two attached hydrogens (primary N) is 1. The monoisotopic (exact) mass is 231 g/mol. The van der Waals surface area contributed by atoms with Gasteiger partial charge >= 0.3 is 72.6 Å². The summed E-state index contributed by atoms with van der Waals surface area (Å²) in [5.74, 6) is 0. The van der Waals surface area contributed by atoms with Crippen LogP contribution in [0.25, 0.3) is 0 Å². The number of hydrogen-bond acceptors (Lipinski definition) is 2. The Morgan fingerprint density at radius 1 is 1.42 bits per heavy atom. The predicted molar refractivity (Wildman–Crippen MR) is 46.1 cm³/mol. The van der Waals surface area contributed by atoms with Crippen LogP contribution in [0.1, 0.15) is 5.56 Å². The third-order valence-corrected chi connectivity index (χ3v) is 4.06. The van der Waals surface area contributed by atoms with Gasteiger partial charge in [0, 0.05) is 0 Å². The van der Waals surface area contributed by atoms with Gasteiger partial charge in [-0.25, -0.2) is 0 Å². The van der Waals surface area contributed by atoms with E-state index in [1.54, 1.807) is 19.1 Å². The van der Waals surface area contributed by atoms with Crippen molar-refractivity contribution in [3.8, 4) is 0 Å². The van der Waals surface area contributed by atoms with Crippen molar-refractivity contribution in [2.75, 3.05) is 5.73 Å². The fourth-order valence-corrected chi connectivity index (χ4v) is 3.06. The summed E-state index contributed by atoms with van der Waals surface area (Å²) in [5.41, 5.74) is 6.14. The van der Waals surface area contributed by atoms with Gasteiger partial charge in [0.05, 0.1) is 0 Å². The van der Waals surface area contributed by atoms with E-state index in [-0.39, 0.29) is 10.0 Å². The van der Waals surface area contributed by atoms with Crippen molar-refractivity contribution in [2.45, 2.75) is 6.92 Å². The Morgan fingerprint density at radius 3 is 2.33 bits per heavy atom. The molecule has 1 aromatic rings. The van der Waals surface area contributed by atoms with Crippen molar-refractivity contribution in [2.24, 2.45) is 0 Å². The molecule has 0 aliphatic heterocycles. The number of aryl methyl sites for hydroxylation is 1. The van der Waals surface area contributed by atoms with Crippen LogP contribution in [0.4, 0.5) is 5.69 Å². The molecule has 4 nitrogen and oxygen atoms in total. The predicted octanol–water partition coefficient (Wildman–Crippen LogP) is -0.862. The molecule has 66 valence electrons. The van der Waals surface area contributed by atoms with Crippen LogP contribution < -0.4 is 10.1 Å². The molecule has 0 aromatic heterocycles. The summed E-state index contributed by atoms with van der Waals surface area (Å²) in [4.78, 5) is 0. The Bertz CT molecular complexity index is 324. The first kappa shape index (κ1) is 9.39. The van der Waals surface area contributed by atoms with Gasteiger partial charge in [-0.15, -0.1) is 0 Å².